The SMILES string of the molecule is Cc1ccc(CN(C(=O)CN(c2ccc(C)cc2C)S(C)(=O)=O)C(Cc2ccccc2)C(=O)NCC(C)C)cc1. The van der Waals surface area contributed by atoms with Crippen LogP contribution in [0.5, 0.6) is 0 Å². The third kappa shape index (κ3) is 8.68. The van der Waals surface area contributed by atoms with Crippen LogP contribution in [0.4, 0.5) is 5.69 Å². The lowest BCUT2D eigenvalue weighted by Crippen LogP contribution is -2.53. The molecule has 3 rings (SSSR count). The van der Waals surface area contributed by atoms with Crippen LogP contribution in [-0.2, 0) is 32.6 Å². The van der Waals surface area contributed by atoms with Crippen LogP contribution in [0.2, 0.25) is 0 Å². The molecule has 0 saturated heterocycles. The van der Waals surface area contributed by atoms with Crippen molar-refractivity contribution in [1.82, 2.24) is 10.2 Å². The summed E-state index contributed by atoms with van der Waals surface area (Å²) in [7, 11) is -3.80. The molecule has 0 saturated carbocycles. The van der Waals surface area contributed by atoms with Crippen LogP contribution in [0.3, 0.4) is 0 Å². The molecule has 0 aliphatic rings. The van der Waals surface area contributed by atoms with Crippen LogP contribution >= 0.6 is 0 Å². The fourth-order valence-electron chi connectivity index (χ4n) is 4.55. The highest BCUT2D eigenvalue weighted by Crippen LogP contribution is 2.25. The van der Waals surface area contributed by atoms with Crippen molar-refractivity contribution in [3.8, 4) is 0 Å². The number of nitrogens with zero attached hydrogens (tertiary/aromatic N) is 2. The normalized spacial score (nSPS) is 12.2. The third-order valence-corrected chi connectivity index (χ3v) is 7.86. The van der Waals surface area contributed by atoms with Gasteiger partial charge in [-0.1, -0.05) is 91.7 Å². The average Bonchev–Trinajstić information content (AvgIpc) is 2.89. The molecule has 2 amide bonds. The highest BCUT2D eigenvalue weighted by atomic mass is 32.2. The lowest BCUT2D eigenvalue weighted by molar-refractivity contribution is -0.140. The Morgan fingerprint density at radius 2 is 1.48 bits per heavy atom. The number of carbonyl (C=O) groups excluding carboxylic acids is 2. The number of anilines is 1. The predicted octanol–water partition coefficient (Wildman–Crippen LogP) is 4.79. The first-order chi connectivity index (χ1) is 18.8. The molecule has 1 unspecified atom stereocenters. The van der Waals surface area contributed by atoms with Gasteiger partial charge in [-0.25, -0.2) is 8.42 Å². The van der Waals surface area contributed by atoms with Gasteiger partial charge >= 0.3 is 0 Å². The molecule has 3 aromatic carbocycles. The summed E-state index contributed by atoms with van der Waals surface area (Å²) in [5.41, 5.74) is 5.02. The van der Waals surface area contributed by atoms with E-state index in [2.05, 4.69) is 5.32 Å². The van der Waals surface area contributed by atoms with Gasteiger partial charge in [-0.2, -0.15) is 0 Å². The standard InChI is InChI=1S/C32H41N3O4S/c1-23(2)20-33-32(37)30(19-27-10-8-7-9-11-27)34(21-28-15-12-24(3)13-16-28)31(36)22-35(40(6,38)39)29-17-14-25(4)18-26(29)5/h7-18,23,30H,19-22H2,1-6H3,(H,33,37). The molecule has 0 bridgehead atoms. The van der Waals surface area contributed by atoms with Crippen molar-refractivity contribution in [1.29, 1.82) is 0 Å². The van der Waals surface area contributed by atoms with E-state index >= 15 is 0 Å². The molecule has 0 aliphatic carbocycles. The molecular formula is C32H41N3O4S. The van der Waals surface area contributed by atoms with Crippen LogP contribution in [0.15, 0.2) is 72.8 Å². The minimum Gasteiger partial charge on any atom is -0.354 e. The van der Waals surface area contributed by atoms with Crippen LogP contribution < -0.4 is 9.62 Å². The molecule has 0 heterocycles. The van der Waals surface area contributed by atoms with E-state index in [9.17, 15) is 18.0 Å². The first-order valence-electron chi connectivity index (χ1n) is 13.6. The summed E-state index contributed by atoms with van der Waals surface area (Å²) in [6, 6.07) is 21.9. The number of hydrogen-bond donors (Lipinski definition) is 1. The summed E-state index contributed by atoms with van der Waals surface area (Å²) in [6.07, 6.45) is 1.39. The van der Waals surface area contributed by atoms with E-state index in [-0.39, 0.29) is 18.4 Å². The molecular weight excluding hydrogens is 522 g/mol. The largest absolute Gasteiger partial charge is 0.354 e. The summed E-state index contributed by atoms with van der Waals surface area (Å²) >= 11 is 0. The molecule has 3 aromatic rings. The highest BCUT2D eigenvalue weighted by Gasteiger charge is 2.33. The van der Waals surface area contributed by atoms with Crippen molar-refractivity contribution in [2.24, 2.45) is 5.92 Å². The monoisotopic (exact) mass is 563 g/mol. The van der Waals surface area contributed by atoms with E-state index in [1.807, 2.05) is 101 Å². The number of rotatable bonds is 12. The number of amides is 2. The van der Waals surface area contributed by atoms with E-state index in [0.29, 0.717) is 18.7 Å². The fourth-order valence-corrected chi connectivity index (χ4v) is 5.45. The Bertz CT molecular complexity index is 1400. The number of benzene rings is 3. The van der Waals surface area contributed by atoms with Crippen molar-refractivity contribution in [2.45, 2.75) is 53.6 Å². The van der Waals surface area contributed by atoms with Crippen molar-refractivity contribution in [2.75, 3.05) is 23.7 Å². The van der Waals surface area contributed by atoms with Gasteiger partial charge in [0.2, 0.25) is 21.8 Å². The Kier molecular flexibility index (Phi) is 10.5. The predicted molar refractivity (Wildman–Crippen MR) is 162 cm³/mol. The topological polar surface area (TPSA) is 86.8 Å². The van der Waals surface area contributed by atoms with Gasteiger partial charge < -0.3 is 10.2 Å². The van der Waals surface area contributed by atoms with Crippen molar-refractivity contribution >= 4 is 27.5 Å². The van der Waals surface area contributed by atoms with E-state index in [1.165, 1.54) is 4.90 Å². The van der Waals surface area contributed by atoms with Gasteiger partial charge in [0.1, 0.15) is 12.6 Å². The quantitative estimate of drug-likeness (QED) is 0.343. The van der Waals surface area contributed by atoms with E-state index in [1.54, 1.807) is 6.07 Å². The maximum atomic E-state index is 14.1. The number of aryl methyl sites for hydroxylation is 3. The Labute approximate surface area is 239 Å². The summed E-state index contributed by atoms with van der Waals surface area (Å²) in [6.45, 7) is 9.97. The molecule has 40 heavy (non-hydrogen) atoms. The summed E-state index contributed by atoms with van der Waals surface area (Å²) in [4.78, 5) is 29.3. The van der Waals surface area contributed by atoms with Crippen LogP contribution in [0.25, 0.3) is 0 Å². The molecule has 0 spiro atoms. The smallest absolute Gasteiger partial charge is 0.244 e. The van der Waals surface area contributed by atoms with Gasteiger partial charge in [-0.05, 0) is 49.4 Å². The van der Waals surface area contributed by atoms with Gasteiger partial charge in [0.25, 0.3) is 0 Å². The minimum absolute atomic E-state index is 0.163. The lowest BCUT2D eigenvalue weighted by Gasteiger charge is -2.34. The van der Waals surface area contributed by atoms with E-state index in [4.69, 9.17) is 0 Å². The van der Waals surface area contributed by atoms with Crippen molar-refractivity contribution in [3.63, 3.8) is 0 Å². The van der Waals surface area contributed by atoms with E-state index < -0.39 is 28.5 Å². The maximum Gasteiger partial charge on any atom is 0.244 e. The first-order valence-corrected chi connectivity index (χ1v) is 15.4. The number of nitrogens with one attached hydrogen (secondary N) is 1. The first kappa shape index (κ1) is 30.9. The second-order valence-electron chi connectivity index (χ2n) is 10.9. The molecule has 7 nitrogen and oxygen atoms in total. The maximum absolute atomic E-state index is 14.1. The summed E-state index contributed by atoms with van der Waals surface area (Å²) in [5.74, 6) is -0.491. The molecule has 214 valence electrons. The van der Waals surface area contributed by atoms with Crippen molar-refractivity contribution in [3.05, 3.63) is 101 Å². The number of carbonyl (C=O) groups is 2. The average molecular weight is 564 g/mol. The highest BCUT2D eigenvalue weighted by molar-refractivity contribution is 7.92. The molecule has 1 atom stereocenters. The molecule has 0 radical (unpaired) electrons. The van der Waals surface area contributed by atoms with Gasteiger partial charge in [0, 0.05) is 19.5 Å². The minimum atomic E-state index is -3.80. The Morgan fingerprint density at radius 1 is 0.850 bits per heavy atom. The third-order valence-electron chi connectivity index (χ3n) is 6.73. The molecule has 8 heteroatoms. The number of hydrogen-bond acceptors (Lipinski definition) is 4. The fraction of sp³-hybridized carbons (Fsp3) is 0.375. The Hall–Kier alpha value is -3.65. The van der Waals surface area contributed by atoms with Gasteiger partial charge in [-0.15, -0.1) is 0 Å². The number of sulfonamides is 1. The second-order valence-corrected chi connectivity index (χ2v) is 12.8. The second kappa shape index (κ2) is 13.6. The molecule has 0 fully saturated rings. The lowest BCUT2D eigenvalue weighted by atomic mass is 10.0. The zero-order chi connectivity index (χ0) is 29.4. The zero-order valence-corrected chi connectivity index (χ0v) is 25.2. The van der Waals surface area contributed by atoms with Crippen LogP contribution in [0, 0.1) is 26.7 Å². The van der Waals surface area contributed by atoms with Gasteiger partial charge in [-0.3, -0.25) is 13.9 Å². The van der Waals surface area contributed by atoms with Crippen LogP contribution in [0.1, 0.15) is 41.7 Å². The summed E-state index contributed by atoms with van der Waals surface area (Å²) in [5, 5.41) is 3.00. The molecule has 0 aliphatic heterocycles. The Morgan fingerprint density at radius 3 is 2.05 bits per heavy atom. The molecule has 0 aromatic heterocycles. The molecule has 1 N–H and O–H groups in total. The van der Waals surface area contributed by atoms with Gasteiger partial charge in [0.15, 0.2) is 0 Å². The Balaban J connectivity index is 2.06. The van der Waals surface area contributed by atoms with Crippen molar-refractivity contribution < 1.29 is 18.0 Å². The van der Waals surface area contributed by atoms with Gasteiger partial charge in [0.05, 0.1) is 11.9 Å². The summed E-state index contributed by atoms with van der Waals surface area (Å²) < 4.78 is 27.1. The van der Waals surface area contributed by atoms with Crippen LogP contribution in [-0.4, -0.2) is 50.5 Å². The van der Waals surface area contributed by atoms with E-state index in [0.717, 1.165) is 38.4 Å². The zero-order valence-electron chi connectivity index (χ0n) is 24.3.